The smallest absolute Gasteiger partial charge is 0.410 e. The molecule has 2 saturated heterocycles. The van der Waals surface area contributed by atoms with E-state index >= 15 is 0 Å². The van der Waals surface area contributed by atoms with Gasteiger partial charge in [-0.15, -0.1) is 0 Å². The highest BCUT2D eigenvalue weighted by atomic mass is 79.9. The number of nitrogens with zero attached hydrogens (tertiary/aromatic N) is 3. The maximum Gasteiger partial charge on any atom is 0.410 e. The first kappa shape index (κ1) is 16.6. The van der Waals surface area contributed by atoms with Crippen molar-refractivity contribution in [3.8, 4) is 0 Å². The SMILES string of the molecule is Cc1cc(Br)nc(N2CC3CCC(C2)N3C(=O)OC(C)(C)C)c1. The topological polar surface area (TPSA) is 45.7 Å². The molecule has 2 aliphatic rings. The fourth-order valence-corrected chi connectivity index (χ4v) is 4.01. The van der Waals surface area contributed by atoms with E-state index in [2.05, 4.69) is 38.8 Å². The summed E-state index contributed by atoms with van der Waals surface area (Å²) in [4.78, 5) is 21.3. The zero-order valence-corrected chi connectivity index (χ0v) is 15.8. The number of carbonyl (C=O) groups excluding carboxylic acids is 1. The second-order valence-corrected chi connectivity index (χ2v) is 8.32. The Morgan fingerprint density at radius 3 is 2.39 bits per heavy atom. The van der Waals surface area contributed by atoms with E-state index in [-0.39, 0.29) is 18.2 Å². The van der Waals surface area contributed by atoms with Gasteiger partial charge >= 0.3 is 6.09 Å². The molecule has 0 aliphatic carbocycles. The third kappa shape index (κ3) is 3.62. The monoisotopic (exact) mass is 381 g/mol. The molecule has 3 heterocycles. The molecule has 2 unspecified atom stereocenters. The summed E-state index contributed by atoms with van der Waals surface area (Å²) in [5, 5.41) is 0. The number of amides is 1. The Kier molecular flexibility index (Phi) is 4.29. The van der Waals surface area contributed by atoms with Gasteiger partial charge in [-0.2, -0.15) is 0 Å². The lowest BCUT2D eigenvalue weighted by atomic mass is 10.1. The van der Waals surface area contributed by atoms with Gasteiger partial charge in [-0.1, -0.05) is 0 Å². The molecule has 2 atom stereocenters. The zero-order chi connectivity index (χ0) is 16.8. The van der Waals surface area contributed by atoms with Crippen LogP contribution in [0.5, 0.6) is 0 Å². The van der Waals surface area contributed by atoms with Crippen LogP contribution in [0.15, 0.2) is 16.7 Å². The lowest BCUT2D eigenvalue weighted by Gasteiger charge is -2.41. The first-order chi connectivity index (χ1) is 10.7. The van der Waals surface area contributed by atoms with Gasteiger partial charge in [-0.05, 0) is 74.2 Å². The second-order valence-electron chi connectivity index (χ2n) is 7.50. The molecular weight excluding hydrogens is 358 g/mol. The molecule has 1 aromatic rings. The average molecular weight is 382 g/mol. The Hall–Kier alpha value is -1.30. The normalized spacial score (nSPS) is 24.0. The van der Waals surface area contributed by atoms with Crippen LogP contribution in [-0.4, -0.2) is 46.8 Å². The van der Waals surface area contributed by atoms with Crippen LogP contribution in [-0.2, 0) is 4.74 Å². The Balaban J connectivity index is 1.75. The number of fused-ring (bicyclic) bond motifs is 2. The van der Waals surface area contributed by atoms with E-state index in [0.29, 0.717) is 0 Å². The standard InChI is InChI=1S/C17H24BrN3O2/c1-11-7-14(18)19-15(8-11)20-9-12-5-6-13(10-20)21(12)16(22)23-17(2,3)4/h7-8,12-13H,5-6,9-10H2,1-4H3. The second kappa shape index (κ2) is 5.96. The summed E-state index contributed by atoms with van der Waals surface area (Å²) < 4.78 is 6.44. The van der Waals surface area contributed by atoms with Crippen LogP contribution in [0, 0.1) is 6.92 Å². The summed E-state index contributed by atoms with van der Waals surface area (Å²) >= 11 is 3.47. The molecule has 2 fully saturated rings. The zero-order valence-electron chi connectivity index (χ0n) is 14.2. The van der Waals surface area contributed by atoms with Gasteiger partial charge in [0.25, 0.3) is 0 Å². The molecule has 2 aliphatic heterocycles. The first-order valence-electron chi connectivity index (χ1n) is 8.13. The molecule has 0 aromatic carbocycles. The number of aryl methyl sites for hydroxylation is 1. The van der Waals surface area contributed by atoms with Crippen LogP contribution < -0.4 is 4.90 Å². The highest BCUT2D eigenvalue weighted by Gasteiger charge is 2.44. The molecule has 1 amide bonds. The van der Waals surface area contributed by atoms with Crippen molar-refractivity contribution in [3.63, 3.8) is 0 Å². The molecule has 0 radical (unpaired) electrons. The summed E-state index contributed by atoms with van der Waals surface area (Å²) in [6, 6.07) is 4.54. The number of hydrogen-bond acceptors (Lipinski definition) is 4. The molecule has 6 heteroatoms. The van der Waals surface area contributed by atoms with Crippen LogP contribution in [0.4, 0.5) is 10.6 Å². The molecule has 5 nitrogen and oxygen atoms in total. The van der Waals surface area contributed by atoms with E-state index in [4.69, 9.17) is 4.74 Å². The predicted octanol–water partition coefficient (Wildman–Crippen LogP) is 3.74. The Bertz CT molecular complexity index is 580. The van der Waals surface area contributed by atoms with Crippen LogP contribution in [0.1, 0.15) is 39.2 Å². The van der Waals surface area contributed by atoms with Gasteiger partial charge in [-0.25, -0.2) is 9.78 Å². The summed E-state index contributed by atoms with van der Waals surface area (Å²) in [7, 11) is 0. The highest BCUT2D eigenvalue weighted by molar-refractivity contribution is 9.10. The molecule has 23 heavy (non-hydrogen) atoms. The number of halogens is 1. The van der Waals surface area contributed by atoms with Gasteiger partial charge in [0.1, 0.15) is 16.0 Å². The number of anilines is 1. The number of rotatable bonds is 1. The van der Waals surface area contributed by atoms with E-state index < -0.39 is 5.60 Å². The van der Waals surface area contributed by atoms with Crippen molar-refractivity contribution in [2.75, 3.05) is 18.0 Å². The minimum absolute atomic E-state index is 0.178. The van der Waals surface area contributed by atoms with Crippen LogP contribution in [0.2, 0.25) is 0 Å². The van der Waals surface area contributed by atoms with Crippen molar-refractivity contribution in [3.05, 3.63) is 22.3 Å². The van der Waals surface area contributed by atoms with E-state index in [9.17, 15) is 4.79 Å². The number of aromatic nitrogens is 1. The minimum atomic E-state index is -0.448. The fraction of sp³-hybridized carbons (Fsp3) is 0.647. The molecule has 1 aromatic heterocycles. The van der Waals surface area contributed by atoms with Gasteiger partial charge in [0.05, 0.1) is 12.1 Å². The summed E-state index contributed by atoms with van der Waals surface area (Å²) in [6.45, 7) is 9.45. The predicted molar refractivity (Wildman–Crippen MR) is 93.8 cm³/mol. The van der Waals surface area contributed by atoms with Gasteiger partial charge in [0.2, 0.25) is 0 Å². The number of carbonyl (C=O) groups is 1. The number of pyridine rings is 1. The Labute approximate surface area is 146 Å². The van der Waals surface area contributed by atoms with E-state index in [1.807, 2.05) is 31.7 Å². The summed E-state index contributed by atoms with van der Waals surface area (Å²) in [6.07, 6.45) is 1.89. The van der Waals surface area contributed by atoms with Gasteiger partial charge in [-0.3, -0.25) is 4.90 Å². The van der Waals surface area contributed by atoms with Gasteiger partial charge in [0, 0.05) is 13.1 Å². The Morgan fingerprint density at radius 2 is 1.87 bits per heavy atom. The fourth-order valence-electron chi connectivity index (χ4n) is 3.47. The minimum Gasteiger partial charge on any atom is -0.444 e. The number of ether oxygens (including phenoxy) is 1. The van der Waals surface area contributed by atoms with Crippen molar-refractivity contribution in [2.24, 2.45) is 0 Å². The lowest BCUT2D eigenvalue weighted by molar-refractivity contribution is 0.0122. The average Bonchev–Trinajstić information content (AvgIpc) is 2.66. The third-order valence-electron chi connectivity index (χ3n) is 4.34. The highest BCUT2D eigenvalue weighted by Crippen LogP contribution is 2.33. The van der Waals surface area contributed by atoms with Crippen LogP contribution >= 0.6 is 15.9 Å². The summed E-state index contributed by atoms with van der Waals surface area (Å²) in [5.41, 5.74) is 0.736. The van der Waals surface area contributed by atoms with E-state index in [0.717, 1.165) is 36.4 Å². The third-order valence-corrected chi connectivity index (χ3v) is 4.74. The molecule has 0 saturated carbocycles. The van der Waals surface area contributed by atoms with Crippen molar-refractivity contribution < 1.29 is 9.53 Å². The number of piperazine rings is 1. The quantitative estimate of drug-likeness (QED) is 0.695. The molecule has 0 spiro atoms. The first-order valence-corrected chi connectivity index (χ1v) is 8.93. The van der Waals surface area contributed by atoms with E-state index in [1.165, 1.54) is 5.56 Å². The summed E-state index contributed by atoms with van der Waals surface area (Å²) in [5.74, 6) is 0.984. The van der Waals surface area contributed by atoms with Crippen LogP contribution in [0.3, 0.4) is 0 Å². The maximum atomic E-state index is 12.5. The lowest BCUT2D eigenvalue weighted by Crippen LogP contribution is -2.57. The van der Waals surface area contributed by atoms with Crippen molar-refractivity contribution in [1.29, 1.82) is 0 Å². The number of hydrogen-bond donors (Lipinski definition) is 0. The molecule has 3 rings (SSSR count). The molecule has 2 bridgehead atoms. The van der Waals surface area contributed by atoms with E-state index in [1.54, 1.807) is 0 Å². The molecule has 0 N–H and O–H groups in total. The molecular formula is C17H24BrN3O2. The van der Waals surface area contributed by atoms with Gasteiger partial charge in [0.15, 0.2) is 0 Å². The van der Waals surface area contributed by atoms with Crippen molar-refractivity contribution in [1.82, 2.24) is 9.88 Å². The largest absolute Gasteiger partial charge is 0.444 e. The van der Waals surface area contributed by atoms with Crippen molar-refractivity contribution in [2.45, 2.75) is 58.2 Å². The van der Waals surface area contributed by atoms with Crippen LogP contribution in [0.25, 0.3) is 0 Å². The Morgan fingerprint density at radius 1 is 1.26 bits per heavy atom. The molecule has 126 valence electrons. The van der Waals surface area contributed by atoms with Crippen molar-refractivity contribution >= 4 is 27.8 Å². The maximum absolute atomic E-state index is 12.5. The van der Waals surface area contributed by atoms with Gasteiger partial charge < -0.3 is 9.64 Å².